The Balaban J connectivity index is 2.06. The average molecular weight is 264 g/mol. The van der Waals surface area contributed by atoms with Gasteiger partial charge in [0.15, 0.2) is 0 Å². The Labute approximate surface area is 113 Å². The lowest BCUT2D eigenvalue weighted by atomic mass is 10.1. The second kappa shape index (κ2) is 6.25. The van der Waals surface area contributed by atoms with Crippen LogP contribution in [-0.2, 0) is 4.79 Å². The molecule has 3 nitrogen and oxygen atoms in total. The molecule has 0 unspecified atom stereocenters. The predicted octanol–water partition coefficient (Wildman–Crippen LogP) is 2.04. The summed E-state index contributed by atoms with van der Waals surface area (Å²) in [6, 6.07) is 9.46. The van der Waals surface area contributed by atoms with E-state index in [9.17, 15) is 4.79 Å². The number of amides is 1. The van der Waals surface area contributed by atoms with Gasteiger partial charge in [-0.3, -0.25) is 4.79 Å². The van der Waals surface area contributed by atoms with Crippen LogP contribution in [0.5, 0.6) is 0 Å². The summed E-state index contributed by atoms with van der Waals surface area (Å²) in [6.45, 7) is 0.852. The van der Waals surface area contributed by atoms with Gasteiger partial charge in [0.2, 0.25) is 5.91 Å². The van der Waals surface area contributed by atoms with Gasteiger partial charge in [-0.2, -0.15) is 11.8 Å². The number of benzene rings is 1. The van der Waals surface area contributed by atoms with Crippen molar-refractivity contribution in [1.29, 1.82) is 0 Å². The van der Waals surface area contributed by atoms with Crippen LogP contribution in [0, 0.1) is 0 Å². The van der Waals surface area contributed by atoms with E-state index in [1.54, 1.807) is 11.8 Å². The molecule has 4 heteroatoms. The lowest BCUT2D eigenvalue weighted by Gasteiger charge is -2.27. The number of nitrogens with zero attached hydrogens (tertiary/aromatic N) is 1. The first-order valence-corrected chi connectivity index (χ1v) is 7.73. The minimum atomic E-state index is -0.520. The number of thioether (sulfide) groups is 1. The van der Waals surface area contributed by atoms with E-state index in [1.165, 1.54) is 0 Å². The molecule has 1 aliphatic heterocycles. The molecule has 1 amide bonds. The maximum absolute atomic E-state index is 12.4. The number of rotatable bonds is 4. The van der Waals surface area contributed by atoms with Gasteiger partial charge in [0.1, 0.15) is 6.04 Å². The first-order valence-electron chi connectivity index (χ1n) is 6.34. The van der Waals surface area contributed by atoms with Crippen molar-refractivity contribution in [3.8, 4) is 0 Å². The zero-order valence-corrected chi connectivity index (χ0v) is 11.5. The zero-order valence-electron chi connectivity index (χ0n) is 10.7. The van der Waals surface area contributed by atoms with Crippen molar-refractivity contribution in [2.45, 2.75) is 24.9 Å². The van der Waals surface area contributed by atoms with Crippen molar-refractivity contribution in [3.05, 3.63) is 35.9 Å². The Kier molecular flexibility index (Phi) is 4.66. The van der Waals surface area contributed by atoms with E-state index < -0.39 is 6.04 Å². The fourth-order valence-electron chi connectivity index (χ4n) is 2.47. The van der Waals surface area contributed by atoms with Crippen molar-refractivity contribution in [2.75, 3.05) is 18.6 Å². The van der Waals surface area contributed by atoms with Crippen LogP contribution < -0.4 is 5.73 Å². The van der Waals surface area contributed by atoms with Crippen molar-refractivity contribution in [2.24, 2.45) is 5.73 Å². The van der Waals surface area contributed by atoms with Crippen LogP contribution in [0.3, 0.4) is 0 Å². The SMILES string of the molecule is CSC[C@@H]1CCCN1C(=O)[C@@H](N)c1ccccc1. The van der Waals surface area contributed by atoms with Gasteiger partial charge >= 0.3 is 0 Å². The zero-order chi connectivity index (χ0) is 13.0. The average Bonchev–Trinajstić information content (AvgIpc) is 2.87. The second-order valence-corrected chi connectivity index (χ2v) is 5.58. The van der Waals surface area contributed by atoms with Crippen molar-refractivity contribution in [3.63, 3.8) is 0 Å². The largest absolute Gasteiger partial charge is 0.337 e. The van der Waals surface area contributed by atoms with E-state index in [-0.39, 0.29) is 5.91 Å². The third-order valence-electron chi connectivity index (χ3n) is 3.44. The summed E-state index contributed by atoms with van der Waals surface area (Å²) >= 11 is 1.79. The van der Waals surface area contributed by atoms with E-state index in [4.69, 9.17) is 5.73 Å². The van der Waals surface area contributed by atoms with Crippen molar-refractivity contribution < 1.29 is 4.79 Å². The van der Waals surface area contributed by atoms with E-state index in [0.29, 0.717) is 6.04 Å². The number of nitrogens with two attached hydrogens (primary N) is 1. The fourth-order valence-corrected chi connectivity index (χ4v) is 3.20. The van der Waals surface area contributed by atoms with Crippen molar-refractivity contribution >= 4 is 17.7 Å². The summed E-state index contributed by atoms with van der Waals surface area (Å²) in [5, 5.41) is 0. The molecule has 2 rings (SSSR count). The molecule has 0 aromatic heterocycles. The monoisotopic (exact) mass is 264 g/mol. The first-order chi connectivity index (χ1) is 8.74. The summed E-state index contributed by atoms with van der Waals surface area (Å²) in [6.07, 6.45) is 4.28. The Bertz CT molecular complexity index is 396. The highest BCUT2D eigenvalue weighted by Gasteiger charge is 2.31. The molecule has 2 atom stereocenters. The van der Waals surface area contributed by atoms with Gasteiger partial charge in [-0.1, -0.05) is 30.3 Å². The molecule has 1 aliphatic rings. The van der Waals surface area contributed by atoms with Crippen LogP contribution in [0.15, 0.2) is 30.3 Å². The Hall–Kier alpha value is -1.00. The number of hydrogen-bond acceptors (Lipinski definition) is 3. The summed E-state index contributed by atoms with van der Waals surface area (Å²) in [5.74, 6) is 1.07. The molecular formula is C14H20N2OS. The topological polar surface area (TPSA) is 46.3 Å². The molecule has 0 saturated carbocycles. The summed E-state index contributed by atoms with van der Waals surface area (Å²) in [7, 11) is 0. The highest BCUT2D eigenvalue weighted by Crippen LogP contribution is 2.24. The first kappa shape index (κ1) is 13.4. The van der Waals surface area contributed by atoms with E-state index in [2.05, 4.69) is 6.26 Å². The van der Waals surface area contributed by atoms with Crippen molar-refractivity contribution in [1.82, 2.24) is 4.90 Å². The van der Waals surface area contributed by atoms with E-state index in [0.717, 1.165) is 30.7 Å². The van der Waals surface area contributed by atoms with Gasteiger partial charge < -0.3 is 10.6 Å². The van der Waals surface area contributed by atoms with Crippen LogP contribution in [-0.4, -0.2) is 35.4 Å². The van der Waals surface area contributed by atoms with Crippen LogP contribution in [0.25, 0.3) is 0 Å². The summed E-state index contributed by atoms with van der Waals surface area (Å²) in [4.78, 5) is 14.4. The Morgan fingerprint density at radius 1 is 1.50 bits per heavy atom. The minimum Gasteiger partial charge on any atom is -0.337 e. The second-order valence-electron chi connectivity index (χ2n) is 4.67. The number of likely N-dealkylation sites (tertiary alicyclic amines) is 1. The summed E-state index contributed by atoms with van der Waals surface area (Å²) < 4.78 is 0. The molecule has 18 heavy (non-hydrogen) atoms. The smallest absolute Gasteiger partial charge is 0.244 e. The van der Waals surface area contributed by atoms with Crippen LogP contribution in [0.1, 0.15) is 24.4 Å². The van der Waals surface area contributed by atoms with Gasteiger partial charge in [0.25, 0.3) is 0 Å². The molecule has 98 valence electrons. The highest BCUT2D eigenvalue weighted by atomic mass is 32.2. The normalized spacial score (nSPS) is 21.0. The third kappa shape index (κ3) is 2.87. The maximum Gasteiger partial charge on any atom is 0.244 e. The quantitative estimate of drug-likeness (QED) is 0.905. The molecule has 1 aromatic rings. The van der Waals surface area contributed by atoms with Gasteiger partial charge in [-0.05, 0) is 24.7 Å². The van der Waals surface area contributed by atoms with E-state index in [1.807, 2.05) is 35.2 Å². The molecular weight excluding hydrogens is 244 g/mol. The molecule has 0 bridgehead atoms. The van der Waals surface area contributed by atoms with Gasteiger partial charge in [-0.15, -0.1) is 0 Å². The van der Waals surface area contributed by atoms with Gasteiger partial charge in [-0.25, -0.2) is 0 Å². The van der Waals surface area contributed by atoms with Crippen LogP contribution >= 0.6 is 11.8 Å². The summed E-state index contributed by atoms with van der Waals surface area (Å²) in [5.41, 5.74) is 6.98. The lowest BCUT2D eigenvalue weighted by Crippen LogP contribution is -2.42. The van der Waals surface area contributed by atoms with Gasteiger partial charge in [0.05, 0.1) is 0 Å². The molecule has 2 N–H and O–H groups in total. The highest BCUT2D eigenvalue weighted by molar-refractivity contribution is 7.98. The molecule has 0 aliphatic carbocycles. The molecule has 0 spiro atoms. The number of carbonyl (C=O) groups is 1. The number of hydrogen-bond donors (Lipinski definition) is 1. The predicted molar refractivity (Wildman–Crippen MR) is 76.5 cm³/mol. The number of carbonyl (C=O) groups excluding carboxylic acids is 1. The standard InChI is InChI=1S/C14H20N2OS/c1-18-10-12-8-5-9-16(12)14(17)13(15)11-6-3-2-4-7-11/h2-4,6-7,12-13H,5,8-10,15H2,1H3/t12-,13-/m0/s1. The van der Waals surface area contributed by atoms with Crippen LogP contribution in [0.2, 0.25) is 0 Å². The third-order valence-corrected chi connectivity index (χ3v) is 4.16. The molecule has 0 radical (unpaired) electrons. The van der Waals surface area contributed by atoms with E-state index >= 15 is 0 Å². The molecule has 1 fully saturated rings. The molecule has 1 aromatic carbocycles. The Morgan fingerprint density at radius 2 is 2.22 bits per heavy atom. The maximum atomic E-state index is 12.4. The van der Waals surface area contributed by atoms with Crippen LogP contribution in [0.4, 0.5) is 0 Å². The molecule has 1 saturated heterocycles. The lowest BCUT2D eigenvalue weighted by molar-refractivity contribution is -0.133. The van der Waals surface area contributed by atoms with Gasteiger partial charge in [0, 0.05) is 18.3 Å². The molecule has 1 heterocycles. The Morgan fingerprint density at radius 3 is 2.89 bits per heavy atom. The fraction of sp³-hybridized carbons (Fsp3) is 0.500. The minimum absolute atomic E-state index is 0.0674.